The van der Waals surface area contributed by atoms with E-state index in [1.54, 1.807) is 24.0 Å². The van der Waals surface area contributed by atoms with E-state index in [9.17, 15) is 0 Å². The zero-order chi connectivity index (χ0) is 13.9. The third-order valence-corrected chi connectivity index (χ3v) is 3.29. The summed E-state index contributed by atoms with van der Waals surface area (Å²) in [6.45, 7) is 2.10. The molecule has 102 valence electrons. The minimum Gasteiger partial charge on any atom is -0.497 e. The van der Waals surface area contributed by atoms with Crippen molar-refractivity contribution in [3.63, 3.8) is 0 Å². The van der Waals surface area contributed by atoms with Crippen molar-refractivity contribution >= 4 is 11.3 Å². The number of nitrogens with zero attached hydrogens (tertiary/aromatic N) is 3. The first-order chi connectivity index (χ1) is 9.78. The Kier molecular flexibility index (Phi) is 3.25. The van der Waals surface area contributed by atoms with Gasteiger partial charge in [0.2, 0.25) is 0 Å². The first-order valence-corrected chi connectivity index (χ1v) is 6.47. The normalized spacial score (nSPS) is 12.3. The molecule has 0 aliphatic carbocycles. The Morgan fingerprint density at radius 1 is 1.15 bits per heavy atom. The van der Waals surface area contributed by atoms with E-state index in [-0.39, 0.29) is 6.04 Å². The largest absolute Gasteiger partial charge is 0.497 e. The molecule has 3 aromatic rings. The van der Waals surface area contributed by atoms with Crippen molar-refractivity contribution in [1.29, 1.82) is 0 Å². The summed E-state index contributed by atoms with van der Waals surface area (Å²) in [5.41, 5.74) is 2.14. The second-order valence-electron chi connectivity index (χ2n) is 4.58. The molecule has 0 radical (unpaired) electrons. The van der Waals surface area contributed by atoms with Gasteiger partial charge in [-0.1, -0.05) is 12.1 Å². The molecule has 0 aliphatic heterocycles. The van der Waals surface area contributed by atoms with E-state index in [1.165, 1.54) is 5.56 Å². The highest BCUT2D eigenvalue weighted by Crippen LogP contribution is 2.22. The number of ether oxygens (including phenoxy) is 1. The van der Waals surface area contributed by atoms with Gasteiger partial charge in [0.1, 0.15) is 11.3 Å². The van der Waals surface area contributed by atoms with Gasteiger partial charge < -0.3 is 10.1 Å². The summed E-state index contributed by atoms with van der Waals surface area (Å²) in [5, 5.41) is 7.61. The molecule has 2 heterocycles. The van der Waals surface area contributed by atoms with Crippen LogP contribution in [-0.4, -0.2) is 21.7 Å². The third kappa shape index (κ3) is 2.30. The second kappa shape index (κ2) is 5.21. The van der Waals surface area contributed by atoms with E-state index < -0.39 is 0 Å². The first kappa shape index (κ1) is 12.5. The average molecular weight is 268 g/mol. The molecule has 1 aromatic carbocycles. The number of methoxy groups -OCH3 is 1. The Morgan fingerprint density at radius 2 is 1.95 bits per heavy atom. The van der Waals surface area contributed by atoms with Crippen LogP contribution >= 0.6 is 0 Å². The van der Waals surface area contributed by atoms with Crippen molar-refractivity contribution in [1.82, 2.24) is 14.6 Å². The predicted octanol–water partition coefficient (Wildman–Crippen LogP) is 2.91. The van der Waals surface area contributed by atoms with Crippen molar-refractivity contribution in [3.05, 3.63) is 54.5 Å². The minimum absolute atomic E-state index is 0.148. The predicted molar refractivity (Wildman–Crippen MR) is 78.0 cm³/mol. The standard InChI is InChI=1S/C15H16N4O/c1-11(12-3-5-13(20-2)6-4-12)18-15-14-7-8-17-19(14)10-9-16-15/h3-11H,1-2H3,(H,16,18). The lowest BCUT2D eigenvalue weighted by Crippen LogP contribution is -2.09. The SMILES string of the molecule is COc1ccc(C(C)Nc2nccn3nccc23)cc1. The number of benzene rings is 1. The van der Waals surface area contributed by atoms with Gasteiger partial charge in [-0.25, -0.2) is 9.50 Å². The van der Waals surface area contributed by atoms with E-state index in [2.05, 4.69) is 22.3 Å². The van der Waals surface area contributed by atoms with Crippen LogP contribution in [0.5, 0.6) is 5.75 Å². The smallest absolute Gasteiger partial charge is 0.152 e. The molecule has 1 N–H and O–H groups in total. The Hall–Kier alpha value is -2.56. The molecular weight excluding hydrogens is 252 g/mol. The molecule has 20 heavy (non-hydrogen) atoms. The molecule has 1 unspecified atom stereocenters. The number of hydrogen-bond donors (Lipinski definition) is 1. The number of fused-ring (bicyclic) bond motifs is 1. The van der Waals surface area contributed by atoms with E-state index in [0.717, 1.165) is 17.1 Å². The Balaban J connectivity index is 1.84. The minimum atomic E-state index is 0.148. The van der Waals surface area contributed by atoms with Crippen LogP contribution in [0.2, 0.25) is 0 Å². The molecule has 0 fully saturated rings. The molecule has 0 bridgehead atoms. The molecule has 0 amide bonds. The van der Waals surface area contributed by atoms with E-state index >= 15 is 0 Å². The van der Waals surface area contributed by atoms with Crippen LogP contribution in [0, 0.1) is 0 Å². The maximum Gasteiger partial charge on any atom is 0.152 e. The van der Waals surface area contributed by atoms with E-state index in [0.29, 0.717) is 0 Å². The highest BCUT2D eigenvalue weighted by molar-refractivity contribution is 5.67. The lowest BCUT2D eigenvalue weighted by atomic mass is 10.1. The van der Waals surface area contributed by atoms with Crippen LogP contribution in [0.15, 0.2) is 48.9 Å². The maximum atomic E-state index is 5.17. The molecule has 0 saturated heterocycles. The van der Waals surface area contributed by atoms with Gasteiger partial charge in [0.05, 0.1) is 19.3 Å². The summed E-state index contributed by atoms with van der Waals surface area (Å²) in [6, 6.07) is 10.1. The molecule has 5 nitrogen and oxygen atoms in total. The summed E-state index contributed by atoms with van der Waals surface area (Å²) in [6.07, 6.45) is 5.34. The summed E-state index contributed by atoms with van der Waals surface area (Å²) in [5.74, 6) is 1.69. The van der Waals surface area contributed by atoms with Crippen LogP contribution in [0.4, 0.5) is 5.82 Å². The molecule has 0 spiro atoms. The molecule has 0 saturated carbocycles. The van der Waals surface area contributed by atoms with E-state index in [1.807, 2.05) is 36.5 Å². The third-order valence-electron chi connectivity index (χ3n) is 3.29. The van der Waals surface area contributed by atoms with Crippen molar-refractivity contribution in [2.24, 2.45) is 0 Å². The van der Waals surface area contributed by atoms with Crippen molar-refractivity contribution in [3.8, 4) is 5.75 Å². The Morgan fingerprint density at radius 3 is 2.70 bits per heavy atom. The van der Waals surface area contributed by atoms with Gasteiger partial charge in [-0.3, -0.25) is 0 Å². The van der Waals surface area contributed by atoms with Crippen LogP contribution in [-0.2, 0) is 0 Å². The van der Waals surface area contributed by atoms with E-state index in [4.69, 9.17) is 4.74 Å². The summed E-state index contributed by atoms with van der Waals surface area (Å²) in [4.78, 5) is 4.38. The zero-order valence-corrected chi connectivity index (χ0v) is 11.4. The van der Waals surface area contributed by atoms with Crippen LogP contribution in [0.3, 0.4) is 0 Å². The van der Waals surface area contributed by atoms with Gasteiger partial charge in [0.25, 0.3) is 0 Å². The quantitative estimate of drug-likeness (QED) is 0.790. The van der Waals surface area contributed by atoms with Gasteiger partial charge in [-0.2, -0.15) is 5.10 Å². The second-order valence-corrected chi connectivity index (χ2v) is 4.58. The molecular formula is C15H16N4O. The monoisotopic (exact) mass is 268 g/mol. The van der Waals surface area contributed by atoms with Crippen molar-refractivity contribution < 1.29 is 4.74 Å². The van der Waals surface area contributed by atoms with Crippen LogP contribution in [0.1, 0.15) is 18.5 Å². The Bertz CT molecular complexity index is 705. The van der Waals surface area contributed by atoms with Gasteiger partial charge >= 0.3 is 0 Å². The highest BCUT2D eigenvalue weighted by atomic mass is 16.5. The number of aromatic nitrogens is 3. The molecule has 5 heteroatoms. The number of hydrogen-bond acceptors (Lipinski definition) is 4. The molecule has 2 aromatic heterocycles. The lowest BCUT2D eigenvalue weighted by Gasteiger charge is -2.15. The average Bonchev–Trinajstić information content (AvgIpc) is 2.97. The fourth-order valence-corrected chi connectivity index (χ4v) is 2.15. The lowest BCUT2D eigenvalue weighted by molar-refractivity contribution is 0.414. The van der Waals surface area contributed by atoms with Gasteiger partial charge in [0.15, 0.2) is 5.82 Å². The molecule has 3 rings (SSSR count). The van der Waals surface area contributed by atoms with Gasteiger partial charge in [-0.05, 0) is 30.7 Å². The highest BCUT2D eigenvalue weighted by Gasteiger charge is 2.09. The molecule has 1 atom stereocenters. The number of nitrogens with one attached hydrogen (secondary N) is 1. The zero-order valence-electron chi connectivity index (χ0n) is 11.4. The fraction of sp³-hybridized carbons (Fsp3) is 0.200. The van der Waals surface area contributed by atoms with Crippen LogP contribution < -0.4 is 10.1 Å². The first-order valence-electron chi connectivity index (χ1n) is 6.47. The van der Waals surface area contributed by atoms with Crippen molar-refractivity contribution in [2.75, 3.05) is 12.4 Å². The summed E-state index contributed by atoms with van der Waals surface area (Å²) < 4.78 is 6.97. The molecule has 0 aliphatic rings. The maximum absolute atomic E-state index is 5.17. The number of rotatable bonds is 4. The fourth-order valence-electron chi connectivity index (χ4n) is 2.15. The van der Waals surface area contributed by atoms with Gasteiger partial charge in [0, 0.05) is 12.4 Å². The van der Waals surface area contributed by atoms with Gasteiger partial charge in [-0.15, -0.1) is 0 Å². The van der Waals surface area contributed by atoms with Crippen molar-refractivity contribution in [2.45, 2.75) is 13.0 Å². The Labute approximate surface area is 117 Å². The summed E-state index contributed by atoms with van der Waals surface area (Å²) in [7, 11) is 1.67. The summed E-state index contributed by atoms with van der Waals surface area (Å²) >= 11 is 0. The topological polar surface area (TPSA) is 51.5 Å². The van der Waals surface area contributed by atoms with Crippen LogP contribution in [0.25, 0.3) is 5.52 Å². The number of anilines is 1.